The smallest absolute Gasteiger partial charge is 0.184 e. The van der Waals surface area contributed by atoms with Crippen LogP contribution in [-0.2, 0) is 0 Å². The van der Waals surface area contributed by atoms with Crippen LogP contribution in [0.5, 0.6) is 0 Å². The van der Waals surface area contributed by atoms with E-state index in [-0.39, 0.29) is 0 Å². The third-order valence-electron chi connectivity index (χ3n) is 2.66. The van der Waals surface area contributed by atoms with Crippen LogP contribution < -0.4 is 5.32 Å². The van der Waals surface area contributed by atoms with E-state index in [9.17, 15) is 0 Å². The Morgan fingerprint density at radius 2 is 2.00 bits per heavy atom. The first-order chi connectivity index (χ1) is 6.84. The van der Waals surface area contributed by atoms with Gasteiger partial charge in [-0.15, -0.1) is 11.3 Å². The Labute approximate surface area is 93.7 Å². The zero-order valence-electron chi connectivity index (χ0n) is 8.13. The fourth-order valence-electron chi connectivity index (χ4n) is 1.92. The zero-order chi connectivity index (χ0) is 9.80. The SMILES string of the molecule is Clc1csc(NC2CCCCCC2)n1. The van der Waals surface area contributed by atoms with Crippen molar-refractivity contribution in [3.05, 3.63) is 10.5 Å². The summed E-state index contributed by atoms with van der Waals surface area (Å²) >= 11 is 7.37. The fourth-order valence-corrected chi connectivity index (χ4v) is 2.83. The molecular formula is C10H15ClN2S. The maximum absolute atomic E-state index is 5.77. The monoisotopic (exact) mass is 230 g/mol. The van der Waals surface area contributed by atoms with Gasteiger partial charge in [0, 0.05) is 11.4 Å². The number of nitrogens with one attached hydrogen (secondary N) is 1. The van der Waals surface area contributed by atoms with Gasteiger partial charge < -0.3 is 5.32 Å². The van der Waals surface area contributed by atoms with Crippen LogP contribution in [0.1, 0.15) is 38.5 Å². The minimum Gasteiger partial charge on any atom is -0.359 e. The summed E-state index contributed by atoms with van der Waals surface area (Å²) < 4.78 is 0. The molecule has 2 nitrogen and oxygen atoms in total. The molecule has 1 aliphatic rings. The predicted molar refractivity (Wildman–Crippen MR) is 62.2 cm³/mol. The molecule has 0 amide bonds. The molecule has 1 aromatic rings. The highest BCUT2D eigenvalue weighted by atomic mass is 35.5. The predicted octanol–water partition coefficient (Wildman–Crippen LogP) is 3.93. The lowest BCUT2D eigenvalue weighted by Gasteiger charge is -2.14. The Morgan fingerprint density at radius 1 is 1.29 bits per heavy atom. The molecule has 0 bridgehead atoms. The quantitative estimate of drug-likeness (QED) is 0.779. The van der Waals surface area contributed by atoms with Gasteiger partial charge in [-0.1, -0.05) is 37.3 Å². The van der Waals surface area contributed by atoms with E-state index >= 15 is 0 Å². The Bertz CT molecular complexity index is 279. The average molecular weight is 231 g/mol. The molecule has 0 spiro atoms. The van der Waals surface area contributed by atoms with E-state index in [1.807, 2.05) is 5.38 Å². The van der Waals surface area contributed by atoms with Crippen LogP contribution in [0.15, 0.2) is 5.38 Å². The summed E-state index contributed by atoms with van der Waals surface area (Å²) in [4.78, 5) is 4.21. The number of thiazole rings is 1. The van der Waals surface area contributed by atoms with E-state index in [1.165, 1.54) is 38.5 Å². The van der Waals surface area contributed by atoms with Gasteiger partial charge in [-0.3, -0.25) is 0 Å². The molecule has 1 N–H and O–H groups in total. The van der Waals surface area contributed by atoms with Gasteiger partial charge in [0.1, 0.15) is 5.15 Å². The van der Waals surface area contributed by atoms with Crippen molar-refractivity contribution < 1.29 is 0 Å². The number of hydrogen-bond acceptors (Lipinski definition) is 3. The average Bonchev–Trinajstić information content (AvgIpc) is 2.43. The minimum absolute atomic E-state index is 0.603. The molecule has 14 heavy (non-hydrogen) atoms. The van der Waals surface area contributed by atoms with Crippen molar-refractivity contribution in [2.24, 2.45) is 0 Å². The highest BCUT2D eigenvalue weighted by Gasteiger charge is 2.12. The number of anilines is 1. The Morgan fingerprint density at radius 3 is 2.57 bits per heavy atom. The first kappa shape index (κ1) is 10.2. The van der Waals surface area contributed by atoms with Gasteiger partial charge in [0.15, 0.2) is 5.13 Å². The van der Waals surface area contributed by atoms with Gasteiger partial charge in [0.25, 0.3) is 0 Å². The van der Waals surface area contributed by atoms with Crippen LogP contribution >= 0.6 is 22.9 Å². The zero-order valence-corrected chi connectivity index (χ0v) is 9.70. The standard InChI is InChI=1S/C10H15ClN2S/c11-9-7-14-10(13-9)12-8-5-3-1-2-4-6-8/h7-8H,1-6H2,(H,12,13). The second-order valence-electron chi connectivity index (χ2n) is 3.81. The van der Waals surface area contributed by atoms with Gasteiger partial charge in [0.2, 0.25) is 0 Å². The molecule has 4 heteroatoms. The van der Waals surface area contributed by atoms with Crippen molar-refractivity contribution in [3.8, 4) is 0 Å². The summed E-state index contributed by atoms with van der Waals surface area (Å²) in [5.41, 5.74) is 0. The largest absolute Gasteiger partial charge is 0.359 e. The Balaban J connectivity index is 1.89. The van der Waals surface area contributed by atoms with Gasteiger partial charge >= 0.3 is 0 Å². The molecule has 1 fully saturated rings. The van der Waals surface area contributed by atoms with Crippen LogP contribution in [0.25, 0.3) is 0 Å². The molecule has 78 valence electrons. The fraction of sp³-hybridized carbons (Fsp3) is 0.700. The third kappa shape index (κ3) is 2.85. The van der Waals surface area contributed by atoms with E-state index in [4.69, 9.17) is 11.6 Å². The molecule has 1 aromatic heterocycles. The van der Waals surface area contributed by atoms with Gasteiger partial charge in [-0.2, -0.15) is 0 Å². The van der Waals surface area contributed by atoms with E-state index in [2.05, 4.69) is 10.3 Å². The summed E-state index contributed by atoms with van der Waals surface area (Å²) in [7, 11) is 0. The van der Waals surface area contributed by atoms with Crippen molar-refractivity contribution in [1.82, 2.24) is 4.98 Å². The summed E-state index contributed by atoms with van der Waals surface area (Å²) in [6.07, 6.45) is 8.01. The molecular weight excluding hydrogens is 216 g/mol. The van der Waals surface area contributed by atoms with Crippen LogP contribution in [0.4, 0.5) is 5.13 Å². The maximum atomic E-state index is 5.77. The normalized spacial score (nSPS) is 19.2. The second kappa shape index (κ2) is 4.99. The van der Waals surface area contributed by atoms with Crippen LogP contribution in [0.2, 0.25) is 5.15 Å². The lowest BCUT2D eigenvalue weighted by molar-refractivity contribution is 0.619. The van der Waals surface area contributed by atoms with E-state index < -0.39 is 0 Å². The third-order valence-corrected chi connectivity index (χ3v) is 3.76. The van der Waals surface area contributed by atoms with Gasteiger partial charge in [-0.05, 0) is 12.8 Å². The Hall–Kier alpha value is -0.280. The summed E-state index contributed by atoms with van der Waals surface area (Å²) in [5, 5.41) is 6.92. The van der Waals surface area contributed by atoms with Crippen LogP contribution in [0, 0.1) is 0 Å². The topological polar surface area (TPSA) is 24.9 Å². The molecule has 1 heterocycles. The van der Waals surface area contributed by atoms with E-state index in [1.54, 1.807) is 11.3 Å². The molecule has 0 aliphatic heterocycles. The molecule has 0 radical (unpaired) electrons. The molecule has 2 rings (SSSR count). The van der Waals surface area contributed by atoms with E-state index in [0.29, 0.717) is 11.2 Å². The number of hydrogen-bond donors (Lipinski definition) is 1. The van der Waals surface area contributed by atoms with Crippen molar-refractivity contribution in [3.63, 3.8) is 0 Å². The van der Waals surface area contributed by atoms with Gasteiger partial charge in [-0.25, -0.2) is 4.98 Å². The van der Waals surface area contributed by atoms with Crippen molar-refractivity contribution in [2.45, 2.75) is 44.6 Å². The molecule has 0 aromatic carbocycles. The number of rotatable bonds is 2. The lowest BCUT2D eigenvalue weighted by atomic mass is 10.1. The van der Waals surface area contributed by atoms with Gasteiger partial charge in [0.05, 0.1) is 0 Å². The summed E-state index contributed by atoms with van der Waals surface area (Å²) in [6.45, 7) is 0. The van der Waals surface area contributed by atoms with E-state index in [0.717, 1.165) is 5.13 Å². The Kier molecular flexibility index (Phi) is 3.65. The van der Waals surface area contributed by atoms with Crippen molar-refractivity contribution in [1.29, 1.82) is 0 Å². The van der Waals surface area contributed by atoms with Crippen molar-refractivity contribution >= 4 is 28.1 Å². The molecule has 0 saturated heterocycles. The minimum atomic E-state index is 0.603. The number of halogens is 1. The van der Waals surface area contributed by atoms with Crippen molar-refractivity contribution in [2.75, 3.05) is 5.32 Å². The summed E-state index contributed by atoms with van der Waals surface area (Å²) in [5.74, 6) is 0. The first-order valence-electron chi connectivity index (χ1n) is 5.22. The summed E-state index contributed by atoms with van der Waals surface area (Å²) in [6, 6.07) is 0.611. The van der Waals surface area contributed by atoms with Crippen LogP contribution in [0.3, 0.4) is 0 Å². The molecule has 1 saturated carbocycles. The maximum Gasteiger partial charge on any atom is 0.184 e. The first-order valence-corrected chi connectivity index (χ1v) is 6.48. The molecule has 1 aliphatic carbocycles. The molecule has 0 atom stereocenters. The molecule has 0 unspecified atom stereocenters. The number of nitrogens with zero attached hydrogens (tertiary/aromatic N) is 1. The van der Waals surface area contributed by atoms with Crippen LogP contribution in [-0.4, -0.2) is 11.0 Å². The highest BCUT2D eigenvalue weighted by molar-refractivity contribution is 7.14. The lowest BCUT2D eigenvalue weighted by Crippen LogP contribution is -2.17. The second-order valence-corrected chi connectivity index (χ2v) is 5.05. The number of aromatic nitrogens is 1. The highest BCUT2D eigenvalue weighted by Crippen LogP contribution is 2.24.